The fourth-order valence-electron chi connectivity index (χ4n) is 1.89. The first kappa shape index (κ1) is 18.2. The van der Waals surface area contributed by atoms with Gasteiger partial charge in [-0.2, -0.15) is 0 Å². The summed E-state index contributed by atoms with van der Waals surface area (Å²) in [6.07, 6.45) is 8.89. The van der Waals surface area contributed by atoms with Crippen LogP contribution in [0, 0.1) is 5.41 Å². The summed E-state index contributed by atoms with van der Waals surface area (Å²) in [6.45, 7) is 11.5. The maximum atomic E-state index is 10.8. The SMILES string of the molecule is C=CC(=O)OCCOCC(C)(C)CCCCCCC. The highest BCUT2D eigenvalue weighted by Gasteiger charge is 2.17. The van der Waals surface area contributed by atoms with Crippen molar-refractivity contribution < 1.29 is 14.3 Å². The summed E-state index contributed by atoms with van der Waals surface area (Å²) in [4.78, 5) is 10.8. The van der Waals surface area contributed by atoms with Gasteiger partial charge in [-0.3, -0.25) is 0 Å². The van der Waals surface area contributed by atoms with E-state index in [0.29, 0.717) is 19.8 Å². The monoisotopic (exact) mass is 270 g/mol. The quantitative estimate of drug-likeness (QED) is 0.304. The summed E-state index contributed by atoms with van der Waals surface area (Å²) >= 11 is 0. The maximum Gasteiger partial charge on any atom is 0.330 e. The molecule has 0 unspecified atom stereocenters. The van der Waals surface area contributed by atoms with Crippen molar-refractivity contribution in [3.63, 3.8) is 0 Å². The summed E-state index contributed by atoms with van der Waals surface area (Å²) in [5.74, 6) is -0.390. The fraction of sp³-hybridized carbons (Fsp3) is 0.812. The molecular weight excluding hydrogens is 240 g/mol. The first-order chi connectivity index (χ1) is 9.02. The van der Waals surface area contributed by atoms with E-state index in [0.717, 1.165) is 0 Å². The molecule has 0 heterocycles. The zero-order valence-electron chi connectivity index (χ0n) is 12.9. The predicted octanol–water partition coefficient (Wildman–Crippen LogP) is 4.12. The van der Waals surface area contributed by atoms with E-state index < -0.39 is 5.97 Å². The summed E-state index contributed by atoms with van der Waals surface area (Å²) < 4.78 is 10.4. The van der Waals surface area contributed by atoms with Gasteiger partial charge in [0.05, 0.1) is 13.2 Å². The lowest BCUT2D eigenvalue weighted by molar-refractivity contribution is -0.139. The molecule has 19 heavy (non-hydrogen) atoms. The van der Waals surface area contributed by atoms with Crippen LogP contribution in [0.5, 0.6) is 0 Å². The molecule has 0 aliphatic carbocycles. The summed E-state index contributed by atoms with van der Waals surface area (Å²) in [6, 6.07) is 0. The number of unbranched alkanes of at least 4 members (excludes halogenated alkanes) is 4. The van der Waals surface area contributed by atoms with E-state index in [9.17, 15) is 4.79 Å². The average Bonchev–Trinajstić information content (AvgIpc) is 2.37. The Morgan fingerprint density at radius 3 is 2.47 bits per heavy atom. The van der Waals surface area contributed by atoms with Crippen LogP contribution in [0.2, 0.25) is 0 Å². The van der Waals surface area contributed by atoms with Crippen LogP contribution in [0.4, 0.5) is 0 Å². The van der Waals surface area contributed by atoms with Gasteiger partial charge in [-0.1, -0.05) is 59.5 Å². The van der Waals surface area contributed by atoms with Crippen molar-refractivity contribution in [2.45, 2.75) is 59.3 Å². The van der Waals surface area contributed by atoms with Gasteiger partial charge < -0.3 is 9.47 Å². The van der Waals surface area contributed by atoms with Crippen LogP contribution in [-0.4, -0.2) is 25.8 Å². The van der Waals surface area contributed by atoms with Crippen LogP contribution in [0.1, 0.15) is 59.3 Å². The minimum atomic E-state index is -0.390. The van der Waals surface area contributed by atoms with Gasteiger partial charge in [-0.15, -0.1) is 0 Å². The fourth-order valence-corrected chi connectivity index (χ4v) is 1.89. The third-order valence-electron chi connectivity index (χ3n) is 3.09. The second-order valence-electron chi connectivity index (χ2n) is 5.75. The summed E-state index contributed by atoms with van der Waals surface area (Å²) in [7, 11) is 0. The van der Waals surface area contributed by atoms with Crippen LogP contribution in [0.15, 0.2) is 12.7 Å². The standard InChI is InChI=1S/C16H30O3/c1-5-7-8-9-10-11-16(3,4)14-18-12-13-19-15(17)6-2/h6H,2,5,7-14H2,1,3-4H3. The zero-order chi connectivity index (χ0) is 14.6. The molecule has 0 saturated carbocycles. The van der Waals surface area contributed by atoms with Gasteiger partial charge in [0, 0.05) is 6.08 Å². The van der Waals surface area contributed by atoms with E-state index >= 15 is 0 Å². The molecule has 0 aromatic heterocycles. The Balaban J connectivity index is 3.50. The van der Waals surface area contributed by atoms with Crippen molar-refractivity contribution in [2.75, 3.05) is 19.8 Å². The van der Waals surface area contributed by atoms with Gasteiger partial charge in [-0.05, 0) is 11.8 Å². The normalized spacial score (nSPS) is 11.3. The Bertz CT molecular complexity index is 246. The molecule has 0 atom stereocenters. The number of rotatable bonds is 12. The van der Waals surface area contributed by atoms with Gasteiger partial charge in [-0.25, -0.2) is 4.79 Å². The molecule has 0 aromatic rings. The lowest BCUT2D eigenvalue weighted by atomic mass is 9.88. The van der Waals surface area contributed by atoms with Crippen LogP contribution < -0.4 is 0 Å². The van der Waals surface area contributed by atoms with Crippen molar-refractivity contribution in [1.82, 2.24) is 0 Å². The molecule has 0 amide bonds. The van der Waals surface area contributed by atoms with E-state index in [-0.39, 0.29) is 5.41 Å². The Morgan fingerprint density at radius 1 is 1.16 bits per heavy atom. The van der Waals surface area contributed by atoms with E-state index in [1.54, 1.807) is 0 Å². The van der Waals surface area contributed by atoms with Crippen LogP contribution >= 0.6 is 0 Å². The molecule has 0 bridgehead atoms. The van der Waals surface area contributed by atoms with Gasteiger partial charge in [0.25, 0.3) is 0 Å². The topological polar surface area (TPSA) is 35.5 Å². The Morgan fingerprint density at radius 2 is 1.84 bits per heavy atom. The minimum absolute atomic E-state index is 0.203. The van der Waals surface area contributed by atoms with Crippen LogP contribution in [-0.2, 0) is 14.3 Å². The Hall–Kier alpha value is -0.830. The van der Waals surface area contributed by atoms with E-state index in [1.807, 2.05) is 0 Å². The first-order valence-electron chi connectivity index (χ1n) is 7.39. The molecule has 0 aliphatic rings. The molecule has 112 valence electrons. The van der Waals surface area contributed by atoms with E-state index in [4.69, 9.17) is 9.47 Å². The van der Waals surface area contributed by atoms with Gasteiger partial charge in [0.1, 0.15) is 6.61 Å². The lowest BCUT2D eigenvalue weighted by Crippen LogP contribution is -2.21. The molecular formula is C16H30O3. The highest BCUT2D eigenvalue weighted by Crippen LogP contribution is 2.24. The molecule has 0 saturated heterocycles. The van der Waals surface area contributed by atoms with Crippen LogP contribution in [0.25, 0.3) is 0 Å². The minimum Gasteiger partial charge on any atom is -0.460 e. The molecule has 0 spiro atoms. The largest absolute Gasteiger partial charge is 0.460 e. The van der Waals surface area contributed by atoms with Crippen molar-refractivity contribution in [3.05, 3.63) is 12.7 Å². The third kappa shape index (κ3) is 12.0. The summed E-state index contributed by atoms with van der Waals surface area (Å²) in [5.41, 5.74) is 0.203. The van der Waals surface area contributed by atoms with Gasteiger partial charge in [0.2, 0.25) is 0 Å². The third-order valence-corrected chi connectivity index (χ3v) is 3.09. The highest BCUT2D eigenvalue weighted by atomic mass is 16.6. The van der Waals surface area contributed by atoms with Gasteiger partial charge >= 0.3 is 5.97 Å². The molecule has 0 N–H and O–H groups in total. The molecule has 3 nitrogen and oxygen atoms in total. The van der Waals surface area contributed by atoms with Crippen molar-refractivity contribution in [1.29, 1.82) is 0 Å². The summed E-state index contributed by atoms with van der Waals surface area (Å²) in [5, 5.41) is 0. The number of ether oxygens (including phenoxy) is 2. The molecule has 0 radical (unpaired) electrons. The second kappa shape index (κ2) is 11.0. The number of hydrogen-bond acceptors (Lipinski definition) is 3. The molecule has 0 aliphatic heterocycles. The second-order valence-corrected chi connectivity index (χ2v) is 5.75. The van der Waals surface area contributed by atoms with Crippen molar-refractivity contribution in [3.8, 4) is 0 Å². The molecule has 0 aromatic carbocycles. The van der Waals surface area contributed by atoms with E-state index in [2.05, 4.69) is 27.4 Å². The number of carbonyl (C=O) groups is 1. The Kier molecular flexibility index (Phi) is 10.6. The first-order valence-corrected chi connectivity index (χ1v) is 7.39. The number of carbonyl (C=O) groups excluding carboxylic acids is 1. The lowest BCUT2D eigenvalue weighted by Gasteiger charge is -2.24. The van der Waals surface area contributed by atoms with E-state index in [1.165, 1.54) is 44.6 Å². The Labute approximate surface area is 118 Å². The molecule has 0 rings (SSSR count). The highest BCUT2D eigenvalue weighted by molar-refractivity contribution is 5.81. The van der Waals surface area contributed by atoms with Crippen LogP contribution in [0.3, 0.4) is 0 Å². The maximum absolute atomic E-state index is 10.8. The number of hydrogen-bond donors (Lipinski definition) is 0. The zero-order valence-corrected chi connectivity index (χ0v) is 12.9. The van der Waals surface area contributed by atoms with Crippen molar-refractivity contribution >= 4 is 5.97 Å². The average molecular weight is 270 g/mol. The smallest absolute Gasteiger partial charge is 0.330 e. The van der Waals surface area contributed by atoms with Gasteiger partial charge in [0.15, 0.2) is 0 Å². The molecule has 3 heteroatoms. The number of esters is 1. The predicted molar refractivity (Wildman–Crippen MR) is 79.1 cm³/mol. The molecule has 0 fully saturated rings. The van der Waals surface area contributed by atoms with Crippen molar-refractivity contribution in [2.24, 2.45) is 5.41 Å².